The van der Waals surface area contributed by atoms with Gasteiger partial charge < -0.3 is 27.6 Å². The van der Waals surface area contributed by atoms with Gasteiger partial charge in [-0.3, -0.25) is 9.59 Å². The number of nitrogens with zero attached hydrogens (tertiary/aromatic N) is 3. The summed E-state index contributed by atoms with van der Waals surface area (Å²) in [7, 11) is 0. The van der Waals surface area contributed by atoms with Crippen LogP contribution in [0.5, 0.6) is 0 Å². The second kappa shape index (κ2) is 8.07. The van der Waals surface area contributed by atoms with Crippen LogP contribution in [-0.2, 0) is 4.79 Å². The van der Waals surface area contributed by atoms with E-state index in [1.54, 1.807) is 0 Å². The number of carbonyl (C=O) groups is 2. The van der Waals surface area contributed by atoms with E-state index in [1.165, 1.54) is 0 Å². The summed E-state index contributed by atoms with van der Waals surface area (Å²) < 4.78 is 0. The van der Waals surface area contributed by atoms with Crippen LogP contribution in [0.25, 0.3) is 0 Å². The van der Waals surface area contributed by atoms with Crippen molar-refractivity contribution in [2.24, 2.45) is 16.5 Å². The number of nitrogens with two attached hydrogens (primary N) is 3. The maximum Gasteiger partial charge on any atom is 0.305 e. The molecule has 8 N–H and O–H groups in total. The van der Waals surface area contributed by atoms with Crippen molar-refractivity contribution in [3.05, 3.63) is 10.8 Å². The molecule has 1 aromatic heterocycles. The Kier molecular flexibility index (Phi) is 7.17. The summed E-state index contributed by atoms with van der Waals surface area (Å²) in [5.74, 6) is -2.49. The fraction of sp³-hybridized carbons (Fsp3) is 0.222. The lowest BCUT2D eigenvalue weighted by atomic mass is 10.4. The Bertz CT molecular complexity index is 575. The fourth-order valence-electron chi connectivity index (χ4n) is 1.16. The summed E-state index contributed by atoms with van der Waals surface area (Å²) in [6.07, 6.45) is -0.146. The fourth-order valence-corrected chi connectivity index (χ4v) is 1.35. The molecule has 1 heterocycles. The molecule has 21 heavy (non-hydrogen) atoms. The lowest BCUT2D eigenvalue weighted by Gasteiger charge is -2.08. The molecule has 0 saturated heterocycles. The number of carbonyl (C=O) groups excluding carboxylic acids is 1. The van der Waals surface area contributed by atoms with Crippen LogP contribution in [0.3, 0.4) is 0 Å². The minimum atomic E-state index is -0.992. The van der Waals surface area contributed by atoms with Gasteiger partial charge >= 0.3 is 11.9 Å². The zero-order valence-electron chi connectivity index (χ0n) is 10.5. The van der Waals surface area contributed by atoms with E-state index in [9.17, 15) is 9.59 Å². The Labute approximate surface area is 130 Å². The first-order valence-electron chi connectivity index (χ1n) is 5.24. The molecule has 0 aliphatic rings. The summed E-state index contributed by atoms with van der Waals surface area (Å²) in [4.78, 5) is 32.7. The van der Waals surface area contributed by atoms with Gasteiger partial charge in [-0.2, -0.15) is 4.99 Å². The van der Waals surface area contributed by atoms with Crippen molar-refractivity contribution in [3.8, 4) is 0 Å². The van der Waals surface area contributed by atoms with Gasteiger partial charge in [0.15, 0.2) is 28.4 Å². The molecule has 0 atom stereocenters. The first kappa shape index (κ1) is 18.7. The van der Waals surface area contributed by atoms with Gasteiger partial charge in [-0.25, -0.2) is 9.97 Å². The zero-order chi connectivity index (χ0) is 15.3. The number of aliphatic imine (C=N–C) groups is 1. The van der Waals surface area contributed by atoms with E-state index in [-0.39, 0.29) is 47.9 Å². The number of hydrogen-bond donors (Lipinski definition) is 5. The number of carboxylic acids is 1. The van der Waals surface area contributed by atoms with Crippen molar-refractivity contribution in [2.45, 2.75) is 6.42 Å². The van der Waals surface area contributed by atoms with E-state index < -0.39 is 17.8 Å². The third kappa shape index (κ3) is 5.67. The Hall–Kier alpha value is -2.33. The molecule has 0 bridgehead atoms. The van der Waals surface area contributed by atoms with E-state index in [2.05, 4.69) is 20.3 Å². The van der Waals surface area contributed by atoms with Gasteiger partial charge in [0.25, 0.3) is 0 Å². The third-order valence-electron chi connectivity index (χ3n) is 1.94. The number of aromatic nitrogens is 2. The van der Waals surface area contributed by atoms with Crippen molar-refractivity contribution < 1.29 is 14.7 Å². The van der Waals surface area contributed by atoms with E-state index in [0.717, 1.165) is 0 Å². The van der Waals surface area contributed by atoms with Crippen LogP contribution in [0.15, 0.2) is 4.99 Å². The van der Waals surface area contributed by atoms with Crippen LogP contribution in [0.1, 0.15) is 16.9 Å². The Morgan fingerprint density at radius 3 is 2.48 bits per heavy atom. The topological polar surface area (TPSA) is 183 Å². The molecule has 12 heteroatoms. The number of hydrogen-bond acceptors (Lipinski definition) is 6. The van der Waals surface area contributed by atoms with Gasteiger partial charge in [0.1, 0.15) is 0 Å². The first-order valence-corrected chi connectivity index (χ1v) is 5.61. The Morgan fingerprint density at radius 1 is 1.33 bits per heavy atom. The number of nitrogen functional groups attached to an aromatic ring is 1. The predicted octanol–water partition coefficient (Wildman–Crippen LogP) is -0.566. The number of halogens is 2. The van der Waals surface area contributed by atoms with E-state index in [1.807, 2.05) is 0 Å². The number of rotatable bonds is 5. The highest BCUT2D eigenvalue weighted by Gasteiger charge is 2.16. The van der Waals surface area contributed by atoms with Crippen molar-refractivity contribution in [1.82, 2.24) is 9.97 Å². The quantitative estimate of drug-likeness (QED) is 0.347. The average Bonchev–Trinajstić information content (AvgIpc) is 2.31. The molecule has 0 fully saturated rings. The third-order valence-corrected chi connectivity index (χ3v) is 2.21. The number of amides is 1. The lowest BCUT2D eigenvalue weighted by Crippen LogP contribution is -2.25. The molecule has 116 valence electrons. The predicted molar refractivity (Wildman–Crippen MR) is 79.6 cm³/mol. The molecule has 1 amide bonds. The molecule has 0 saturated carbocycles. The van der Waals surface area contributed by atoms with Crippen LogP contribution >= 0.6 is 24.0 Å². The van der Waals surface area contributed by atoms with Crippen molar-refractivity contribution >= 4 is 53.5 Å². The maximum atomic E-state index is 11.6. The minimum Gasteiger partial charge on any atom is -0.481 e. The van der Waals surface area contributed by atoms with E-state index in [4.69, 9.17) is 33.9 Å². The molecule has 0 aliphatic carbocycles. The molecule has 0 radical (unpaired) electrons. The van der Waals surface area contributed by atoms with Crippen molar-refractivity contribution in [3.63, 3.8) is 0 Å². The molecule has 0 aromatic carbocycles. The van der Waals surface area contributed by atoms with Gasteiger partial charge in [0.05, 0.1) is 6.42 Å². The summed E-state index contributed by atoms with van der Waals surface area (Å²) in [6, 6.07) is 0. The van der Waals surface area contributed by atoms with Gasteiger partial charge in [0.2, 0.25) is 0 Å². The highest BCUT2D eigenvalue weighted by atomic mass is 35.5. The largest absolute Gasteiger partial charge is 0.481 e. The second-order valence-electron chi connectivity index (χ2n) is 3.51. The summed E-state index contributed by atoms with van der Waals surface area (Å²) in [6.45, 7) is 0.0738. The standard InChI is InChI=1S/C9H12ClN7O3.ClH/c10-5-7(14-2-1-3(18)19)16-6(11)4(15-5)8(20)17-9(12)13;/h1-2H2,(H,18,19)(H3,11,14,16)(H4,12,13,17,20);1H. The Balaban J connectivity index is 0.00000400. The number of guanidine groups is 1. The number of aliphatic carboxylic acids is 1. The molecule has 0 spiro atoms. The van der Waals surface area contributed by atoms with Gasteiger partial charge in [-0.05, 0) is 0 Å². The van der Waals surface area contributed by atoms with E-state index >= 15 is 0 Å². The van der Waals surface area contributed by atoms with Crippen LogP contribution in [0, 0.1) is 0 Å². The lowest BCUT2D eigenvalue weighted by molar-refractivity contribution is -0.136. The summed E-state index contributed by atoms with van der Waals surface area (Å²) in [5.41, 5.74) is 15.4. The van der Waals surface area contributed by atoms with Crippen LogP contribution in [0.4, 0.5) is 11.6 Å². The number of carboxylic acid groups (broad SMARTS) is 1. The van der Waals surface area contributed by atoms with Crippen LogP contribution in [-0.4, -0.2) is 39.5 Å². The molecule has 10 nitrogen and oxygen atoms in total. The maximum absolute atomic E-state index is 11.6. The highest BCUT2D eigenvalue weighted by molar-refractivity contribution is 6.32. The molecule has 0 aliphatic heterocycles. The summed E-state index contributed by atoms with van der Waals surface area (Å²) in [5, 5.41) is 11.0. The van der Waals surface area contributed by atoms with Crippen molar-refractivity contribution in [1.29, 1.82) is 0 Å². The average molecular weight is 338 g/mol. The monoisotopic (exact) mass is 337 g/mol. The molecule has 0 unspecified atom stereocenters. The zero-order valence-corrected chi connectivity index (χ0v) is 12.1. The Morgan fingerprint density at radius 2 is 1.95 bits per heavy atom. The van der Waals surface area contributed by atoms with Crippen molar-refractivity contribution in [2.75, 3.05) is 17.6 Å². The van der Waals surface area contributed by atoms with Crippen LogP contribution < -0.4 is 22.5 Å². The van der Waals surface area contributed by atoms with Crippen LogP contribution in [0.2, 0.25) is 5.15 Å². The SMILES string of the molecule is Cl.NC(N)=NC(=O)c1nc(Cl)c(NCCC(=O)O)nc1N. The normalized spacial score (nSPS) is 9.38. The molecular formula is C9H13Cl2N7O3. The molecule has 1 rings (SSSR count). The van der Waals surface area contributed by atoms with Gasteiger partial charge in [0, 0.05) is 6.54 Å². The number of nitrogens with one attached hydrogen (secondary N) is 1. The second-order valence-corrected chi connectivity index (χ2v) is 3.87. The smallest absolute Gasteiger partial charge is 0.305 e. The first-order chi connectivity index (χ1) is 9.31. The van der Waals surface area contributed by atoms with Gasteiger partial charge in [-0.1, -0.05) is 11.6 Å². The van der Waals surface area contributed by atoms with Gasteiger partial charge in [-0.15, -0.1) is 12.4 Å². The summed E-state index contributed by atoms with van der Waals surface area (Å²) >= 11 is 5.80. The number of anilines is 2. The molecule has 1 aromatic rings. The van der Waals surface area contributed by atoms with E-state index in [0.29, 0.717) is 0 Å². The molecular weight excluding hydrogens is 325 g/mol. The minimum absolute atomic E-state index is 0. The highest BCUT2D eigenvalue weighted by Crippen LogP contribution is 2.20.